The number of hydrogen-bond acceptors (Lipinski definition) is 3. The van der Waals surface area contributed by atoms with Gasteiger partial charge in [0.15, 0.2) is 0 Å². The van der Waals surface area contributed by atoms with Gasteiger partial charge in [-0.15, -0.1) is 0 Å². The highest BCUT2D eigenvalue weighted by Crippen LogP contribution is 2.08. The van der Waals surface area contributed by atoms with Crippen LogP contribution in [0.15, 0.2) is 0 Å². The molecule has 0 aromatic carbocycles. The SMILES string of the molecule is CC(O)CCNC(=O)CCC(C)CCN. The van der Waals surface area contributed by atoms with Gasteiger partial charge in [0, 0.05) is 13.0 Å². The normalized spacial score (nSPS) is 14.7. The molecule has 0 aromatic heterocycles. The lowest BCUT2D eigenvalue weighted by Crippen LogP contribution is -2.26. The van der Waals surface area contributed by atoms with Gasteiger partial charge in [-0.2, -0.15) is 0 Å². The lowest BCUT2D eigenvalue weighted by molar-refractivity contribution is -0.121. The highest BCUT2D eigenvalue weighted by Gasteiger charge is 2.06. The van der Waals surface area contributed by atoms with Gasteiger partial charge in [-0.25, -0.2) is 0 Å². The van der Waals surface area contributed by atoms with Crippen LogP contribution < -0.4 is 11.1 Å². The maximum absolute atomic E-state index is 11.3. The van der Waals surface area contributed by atoms with Crippen LogP contribution in [0.1, 0.15) is 39.5 Å². The summed E-state index contributed by atoms with van der Waals surface area (Å²) in [5.74, 6) is 0.581. The number of aliphatic hydroxyl groups is 1. The summed E-state index contributed by atoms with van der Waals surface area (Å²) in [6.45, 7) is 5.07. The van der Waals surface area contributed by atoms with Crippen molar-refractivity contribution in [2.24, 2.45) is 11.7 Å². The largest absolute Gasteiger partial charge is 0.393 e. The van der Waals surface area contributed by atoms with Crippen LogP contribution in [0.5, 0.6) is 0 Å². The number of carbonyl (C=O) groups excluding carboxylic acids is 1. The van der Waals surface area contributed by atoms with Crippen LogP contribution in [0, 0.1) is 5.92 Å². The number of nitrogens with two attached hydrogens (primary N) is 1. The van der Waals surface area contributed by atoms with Crippen molar-refractivity contribution in [1.29, 1.82) is 0 Å². The van der Waals surface area contributed by atoms with Crippen molar-refractivity contribution in [2.45, 2.75) is 45.6 Å². The molecule has 0 aliphatic carbocycles. The molecule has 1 amide bonds. The topological polar surface area (TPSA) is 75.3 Å². The molecule has 0 rings (SSSR count). The number of aliphatic hydroxyl groups excluding tert-OH is 1. The Morgan fingerprint density at radius 3 is 2.53 bits per heavy atom. The molecule has 90 valence electrons. The van der Waals surface area contributed by atoms with E-state index in [0.717, 1.165) is 12.8 Å². The van der Waals surface area contributed by atoms with E-state index in [1.54, 1.807) is 6.92 Å². The second-order valence-electron chi connectivity index (χ2n) is 4.21. The minimum Gasteiger partial charge on any atom is -0.393 e. The zero-order valence-electron chi connectivity index (χ0n) is 9.83. The average Bonchev–Trinajstić information content (AvgIpc) is 2.14. The Hall–Kier alpha value is -0.610. The summed E-state index contributed by atoms with van der Waals surface area (Å²) in [4.78, 5) is 11.3. The van der Waals surface area contributed by atoms with Gasteiger partial charge in [-0.1, -0.05) is 6.92 Å². The predicted octanol–water partition coefficient (Wildman–Crippen LogP) is 0.639. The third-order valence-corrected chi connectivity index (χ3v) is 2.41. The van der Waals surface area contributed by atoms with Crippen LogP contribution >= 0.6 is 0 Å². The second-order valence-corrected chi connectivity index (χ2v) is 4.21. The van der Waals surface area contributed by atoms with E-state index in [1.165, 1.54) is 0 Å². The highest BCUT2D eigenvalue weighted by molar-refractivity contribution is 5.75. The van der Waals surface area contributed by atoms with Crippen LogP contribution in [-0.2, 0) is 4.79 Å². The maximum atomic E-state index is 11.3. The average molecular weight is 216 g/mol. The number of amides is 1. The van der Waals surface area contributed by atoms with Crippen LogP contribution in [0.4, 0.5) is 0 Å². The molecule has 0 radical (unpaired) electrons. The summed E-state index contributed by atoms with van der Waals surface area (Å²) in [7, 11) is 0. The zero-order chi connectivity index (χ0) is 11.7. The molecule has 4 N–H and O–H groups in total. The Bertz CT molecular complexity index is 172. The van der Waals surface area contributed by atoms with Crippen molar-refractivity contribution in [3.63, 3.8) is 0 Å². The molecule has 0 fully saturated rings. The Morgan fingerprint density at radius 2 is 2.00 bits per heavy atom. The summed E-state index contributed by atoms with van der Waals surface area (Å²) in [6.07, 6.45) is 2.69. The lowest BCUT2D eigenvalue weighted by Gasteiger charge is -2.10. The molecule has 0 spiro atoms. The van der Waals surface area contributed by atoms with E-state index < -0.39 is 0 Å². The number of carbonyl (C=O) groups is 1. The molecule has 0 saturated heterocycles. The number of nitrogens with one attached hydrogen (secondary N) is 1. The monoisotopic (exact) mass is 216 g/mol. The first-order valence-corrected chi connectivity index (χ1v) is 5.71. The van der Waals surface area contributed by atoms with Crippen LogP contribution in [0.25, 0.3) is 0 Å². The van der Waals surface area contributed by atoms with Crippen molar-refractivity contribution in [3.05, 3.63) is 0 Å². The van der Waals surface area contributed by atoms with Gasteiger partial charge < -0.3 is 16.2 Å². The standard InChI is InChI=1S/C11H24N2O2/c1-9(5-7-12)3-4-11(15)13-8-6-10(2)14/h9-10,14H,3-8,12H2,1-2H3,(H,13,15). The van der Waals surface area contributed by atoms with Crippen LogP contribution in [0.2, 0.25) is 0 Å². The van der Waals surface area contributed by atoms with Gasteiger partial charge in [-0.3, -0.25) is 4.79 Å². The molecule has 2 unspecified atom stereocenters. The molecule has 4 heteroatoms. The van der Waals surface area contributed by atoms with E-state index in [0.29, 0.717) is 31.8 Å². The Balaban J connectivity index is 3.40. The summed E-state index contributed by atoms with van der Waals surface area (Å²) in [5.41, 5.74) is 5.42. The van der Waals surface area contributed by atoms with Gasteiger partial charge in [0.25, 0.3) is 0 Å². The van der Waals surface area contributed by atoms with Gasteiger partial charge in [0.2, 0.25) is 5.91 Å². The molecule has 0 bridgehead atoms. The molecular weight excluding hydrogens is 192 g/mol. The molecule has 0 saturated carbocycles. The molecule has 0 heterocycles. The van der Waals surface area contributed by atoms with E-state index in [-0.39, 0.29) is 12.0 Å². The fraction of sp³-hybridized carbons (Fsp3) is 0.909. The van der Waals surface area contributed by atoms with E-state index in [9.17, 15) is 4.79 Å². The van der Waals surface area contributed by atoms with Crippen LogP contribution in [-0.4, -0.2) is 30.2 Å². The molecular formula is C11H24N2O2. The Kier molecular flexibility index (Phi) is 8.33. The van der Waals surface area contributed by atoms with Crippen molar-refractivity contribution in [3.8, 4) is 0 Å². The van der Waals surface area contributed by atoms with Crippen molar-refractivity contribution in [1.82, 2.24) is 5.32 Å². The number of rotatable bonds is 8. The second kappa shape index (κ2) is 8.68. The summed E-state index contributed by atoms with van der Waals surface area (Å²) in [5, 5.41) is 11.8. The fourth-order valence-electron chi connectivity index (χ4n) is 1.32. The summed E-state index contributed by atoms with van der Waals surface area (Å²) >= 11 is 0. The molecule has 2 atom stereocenters. The first kappa shape index (κ1) is 14.4. The highest BCUT2D eigenvalue weighted by atomic mass is 16.3. The molecule has 4 nitrogen and oxygen atoms in total. The zero-order valence-corrected chi connectivity index (χ0v) is 9.83. The van der Waals surface area contributed by atoms with E-state index in [1.807, 2.05) is 0 Å². The van der Waals surface area contributed by atoms with Crippen molar-refractivity contribution < 1.29 is 9.90 Å². The fourth-order valence-corrected chi connectivity index (χ4v) is 1.32. The Labute approximate surface area is 92.2 Å². The first-order chi connectivity index (χ1) is 7.06. The molecule has 15 heavy (non-hydrogen) atoms. The van der Waals surface area contributed by atoms with Crippen LogP contribution in [0.3, 0.4) is 0 Å². The van der Waals surface area contributed by atoms with Gasteiger partial charge in [-0.05, 0) is 38.6 Å². The summed E-state index contributed by atoms with van der Waals surface area (Å²) < 4.78 is 0. The minimum atomic E-state index is -0.346. The minimum absolute atomic E-state index is 0.0690. The molecule has 0 aliphatic rings. The maximum Gasteiger partial charge on any atom is 0.220 e. The van der Waals surface area contributed by atoms with E-state index >= 15 is 0 Å². The predicted molar refractivity (Wildman–Crippen MR) is 61.4 cm³/mol. The van der Waals surface area contributed by atoms with E-state index in [2.05, 4.69) is 12.2 Å². The van der Waals surface area contributed by atoms with Gasteiger partial charge >= 0.3 is 0 Å². The third kappa shape index (κ3) is 9.69. The smallest absolute Gasteiger partial charge is 0.220 e. The third-order valence-electron chi connectivity index (χ3n) is 2.41. The van der Waals surface area contributed by atoms with Gasteiger partial charge in [0.05, 0.1) is 6.10 Å². The quantitative estimate of drug-likeness (QED) is 0.557. The van der Waals surface area contributed by atoms with E-state index in [4.69, 9.17) is 10.8 Å². The lowest BCUT2D eigenvalue weighted by atomic mass is 10.0. The summed E-state index contributed by atoms with van der Waals surface area (Å²) in [6, 6.07) is 0. The first-order valence-electron chi connectivity index (χ1n) is 5.71. The van der Waals surface area contributed by atoms with Crippen molar-refractivity contribution in [2.75, 3.05) is 13.1 Å². The molecule has 0 aromatic rings. The number of hydrogen-bond donors (Lipinski definition) is 3. The van der Waals surface area contributed by atoms with Crippen molar-refractivity contribution >= 4 is 5.91 Å². The Morgan fingerprint density at radius 1 is 1.33 bits per heavy atom. The van der Waals surface area contributed by atoms with Gasteiger partial charge in [0.1, 0.15) is 0 Å². The molecule has 0 aliphatic heterocycles.